The van der Waals surface area contributed by atoms with Gasteiger partial charge < -0.3 is 9.88 Å². The van der Waals surface area contributed by atoms with Crippen molar-refractivity contribution in [3.05, 3.63) is 71.4 Å². The topological polar surface area (TPSA) is 51.1 Å². The van der Waals surface area contributed by atoms with E-state index in [2.05, 4.69) is 5.32 Å². The first-order valence-electron chi connectivity index (χ1n) is 7.95. The van der Waals surface area contributed by atoms with Crippen LogP contribution in [0, 0.1) is 0 Å². The molecule has 0 radical (unpaired) electrons. The fourth-order valence-electron chi connectivity index (χ4n) is 3.12. The van der Waals surface area contributed by atoms with E-state index in [0.29, 0.717) is 12.2 Å². The Balaban J connectivity index is 1.85. The maximum absolute atomic E-state index is 12.4. The summed E-state index contributed by atoms with van der Waals surface area (Å²) in [5.41, 5.74) is 3.42. The van der Waals surface area contributed by atoms with Crippen molar-refractivity contribution in [1.82, 2.24) is 9.88 Å². The van der Waals surface area contributed by atoms with Gasteiger partial charge in [0.2, 0.25) is 5.91 Å². The normalized spacial score (nSPS) is 10.8. The predicted molar refractivity (Wildman–Crippen MR) is 94.9 cm³/mol. The number of rotatable bonds is 5. The molecule has 0 aliphatic heterocycles. The summed E-state index contributed by atoms with van der Waals surface area (Å²) in [5.74, 6) is -0.114. The molecule has 4 heteroatoms. The lowest BCUT2D eigenvalue weighted by Gasteiger charge is -2.07. The van der Waals surface area contributed by atoms with Crippen molar-refractivity contribution >= 4 is 22.6 Å². The second-order valence-corrected chi connectivity index (χ2v) is 5.90. The van der Waals surface area contributed by atoms with Crippen molar-refractivity contribution in [2.75, 3.05) is 0 Å². The Hall–Kier alpha value is -2.88. The number of Topliss-reactive ketones (excluding diaryl/α,β-unsaturated/α-hetero) is 1. The molecule has 1 amide bonds. The summed E-state index contributed by atoms with van der Waals surface area (Å²) in [7, 11) is 1.87. The number of hydrogen-bond donors (Lipinski definition) is 1. The molecular formula is C20H20N2O2. The van der Waals surface area contributed by atoms with Gasteiger partial charge in [-0.2, -0.15) is 0 Å². The van der Waals surface area contributed by atoms with Crippen molar-refractivity contribution in [3.63, 3.8) is 0 Å². The van der Waals surface area contributed by atoms with Crippen molar-refractivity contribution in [3.8, 4) is 0 Å². The molecule has 0 aliphatic rings. The molecule has 1 aromatic heterocycles. The molecule has 122 valence electrons. The minimum absolute atomic E-state index is 0.0282. The number of aromatic nitrogens is 1. The fraction of sp³-hybridized carbons (Fsp3) is 0.200. The van der Waals surface area contributed by atoms with Crippen LogP contribution in [0.4, 0.5) is 0 Å². The Bertz CT molecular complexity index is 895. The Morgan fingerprint density at radius 2 is 1.67 bits per heavy atom. The molecule has 4 nitrogen and oxygen atoms in total. The minimum atomic E-state index is -0.0855. The van der Waals surface area contributed by atoms with E-state index in [9.17, 15) is 9.59 Å². The molecule has 1 heterocycles. The molecule has 1 N–H and O–H groups in total. The van der Waals surface area contributed by atoms with Crippen LogP contribution in [-0.2, 0) is 24.8 Å². The maximum atomic E-state index is 12.4. The molecule has 0 fully saturated rings. The lowest BCUT2D eigenvalue weighted by molar-refractivity contribution is -0.120. The third-order valence-electron chi connectivity index (χ3n) is 4.22. The highest BCUT2D eigenvalue weighted by atomic mass is 16.1. The SMILES string of the molecule is CC(=O)c1c(CC(=O)NCc2ccccc2)c2ccccc2n1C. The average Bonchev–Trinajstić information content (AvgIpc) is 2.87. The first-order valence-corrected chi connectivity index (χ1v) is 7.95. The number of ketones is 1. The van der Waals surface area contributed by atoms with Crippen molar-refractivity contribution < 1.29 is 9.59 Å². The van der Waals surface area contributed by atoms with Gasteiger partial charge in [-0.1, -0.05) is 48.5 Å². The maximum Gasteiger partial charge on any atom is 0.224 e. The molecule has 0 unspecified atom stereocenters. The smallest absolute Gasteiger partial charge is 0.224 e. The monoisotopic (exact) mass is 320 g/mol. The molecule has 2 aromatic carbocycles. The summed E-state index contributed by atoms with van der Waals surface area (Å²) in [4.78, 5) is 24.4. The van der Waals surface area contributed by atoms with Crippen LogP contribution in [0.3, 0.4) is 0 Å². The van der Waals surface area contributed by atoms with Crippen LogP contribution in [0.2, 0.25) is 0 Å². The van der Waals surface area contributed by atoms with Crippen LogP contribution < -0.4 is 5.32 Å². The number of carbonyl (C=O) groups excluding carboxylic acids is 2. The van der Waals surface area contributed by atoms with Gasteiger partial charge in [-0.05, 0) is 17.2 Å². The van der Waals surface area contributed by atoms with Crippen LogP contribution in [0.5, 0.6) is 0 Å². The summed E-state index contributed by atoms with van der Waals surface area (Å²) < 4.78 is 1.87. The second kappa shape index (κ2) is 6.71. The molecule has 0 bridgehead atoms. The van der Waals surface area contributed by atoms with Gasteiger partial charge in [-0.25, -0.2) is 0 Å². The lowest BCUT2D eigenvalue weighted by atomic mass is 10.1. The number of amides is 1. The van der Waals surface area contributed by atoms with Crippen molar-refractivity contribution in [2.45, 2.75) is 19.9 Å². The van der Waals surface area contributed by atoms with E-state index in [-0.39, 0.29) is 18.1 Å². The highest BCUT2D eigenvalue weighted by Crippen LogP contribution is 2.26. The Kier molecular flexibility index (Phi) is 4.47. The van der Waals surface area contributed by atoms with E-state index in [1.807, 2.05) is 66.2 Å². The van der Waals surface area contributed by atoms with Gasteiger partial charge >= 0.3 is 0 Å². The molecule has 0 spiro atoms. The van der Waals surface area contributed by atoms with Gasteiger partial charge in [0.25, 0.3) is 0 Å². The number of nitrogens with one attached hydrogen (secondary N) is 1. The van der Waals surface area contributed by atoms with E-state index in [1.165, 1.54) is 0 Å². The largest absolute Gasteiger partial charge is 0.352 e. The zero-order valence-corrected chi connectivity index (χ0v) is 13.9. The van der Waals surface area contributed by atoms with Crippen molar-refractivity contribution in [2.24, 2.45) is 7.05 Å². The zero-order chi connectivity index (χ0) is 17.1. The van der Waals surface area contributed by atoms with Gasteiger partial charge in [0.1, 0.15) is 0 Å². The third kappa shape index (κ3) is 3.08. The number of para-hydroxylation sites is 1. The first-order chi connectivity index (χ1) is 11.6. The van der Waals surface area contributed by atoms with Crippen LogP contribution in [0.15, 0.2) is 54.6 Å². The van der Waals surface area contributed by atoms with Crippen LogP contribution in [0.1, 0.15) is 28.5 Å². The van der Waals surface area contributed by atoms with Gasteiger partial charge in [0, 0.05) is 31.4 Å². The minimum Gasteiger partial charge on any atom is -0.352 e. The van der Waals surface area contributed by atoms with Gasteiger partial charge in [0.05, 0.1) is 12.1 Å². The Morgan fingerprint density at radius 1 is 1.00 bits per heavy atom. The van der Waals surface area contributed by atoms with Crippen LogP contribution >= 0.6 is 0 Å². The lowest BCUT2D eigenvalue weighted by Crippen LogP contribution is -2.25. The molecule has 3 rings (SSSR count). The van der Waals surface area contributed by atoms with Crippen LogP contribution in [-0.4, -0.2) is 16.3 Å². The quantitative estimate of drug-likeness (QED) is 0.734. The fourth-order valence-corrected chi connectivity index (χ4v) is 3.12. The number of hydrogen-bond acceptors (Lipinski definition) is 2. The van der Waals surface area contributed by atoms with Gasteiger partial charge in [-0.3, -0.25) is 9.59 Å². The molecule has 0 saturated carbocycles. The number of nitrogens with zero attached hydrogens (tertiary/aromatic N) is 1. The molecule has 0 saturated heterocycles. The Morgan fingerprint density at radius 3 is 2.38 bits per heavy atom. The van der Waals surface area contributed by atoms with Crippen LogP contribution in [0.25, 0.3) is 10.9 Å². The van der Waals surface area contributed by atoms with Gasteiger partial charge in [0.15, 0.2) is 5.78 Å². The number of carbonyl (C=O) groups is 2. The van der Waals surface area contributed by atoms with E-state index in [0.717, 1.165) is 22.0 Å². The summed E-state index contributed by atoms with van der Waals surface area (Å²) in [6, 6.07) is 17.6. The van der Waals surface area contributed by atoms with E-state index in [4.69, 9.17) is 0 Å². The highest BCUT2D eigenvalue weighted by Gasteiger charge is 2.20. The Labute approximate surface area is 141 Å². The highest BCUT2D eigenvalue weighted by molar-refractivity contribution is 6.03. The first kappa shape index (κ1) is 16.0. The van der Waals surface area contributed by atoms with E-state index >= 15 is 0 Å². The summed E-state index contributed by atoms with van der Waals surface area (Å²) in [6.07, 6.45) is 0.198. The van der Waals surface area contributed by atoms with E-state index in [1.54, 1.807) is 6.92 Å². The predicted octanol–water partition coefficient (Wildman–Crippen LogP) is 3.24. The molecule has 24 heavy (non-hydrogen) atoms. The summed E-state index contributed by atoms with van der Waals surface area (Å²) in [6.45, 7) is 2.03. The number of fused-ring (bicyclic) bond motifs is 1. The van der Waals surface area contributed by atoms with Gasteiger partial charge in [-0.15, -0.1) is 0 Å². The summed E-state index contributed by atoms with van der Waals surface area (Å²) in [5, 5.41) is 3.89. The second-order valence-electron chi connectivity index (χ2n) is 5.90. The average molecular weight is 320 g/mol. The molecule has 3 aromatic rings. The van der Waals surface area contributed by atoms with E-state index < -0.39 is 0 Å². The molecule has 0 aliphatic carbocycles. The number of aryl methyl sites for hydroxylation is 1. The van der Waals surface area contributed by atoms with Crippen molar-refractivity contribution in [1.29, 1.82) is 0 Å². The molecule has 0 atom stereocenters. The third-order valence-corrected chi connectivity index (χ3v) is 4.22. The molecular weight excluding hydrogens is 300 g/mol. The summed E-state index contributed by atoms with van der Waals surface area (Å²) >= 11 is 0. The number of benzene rings is 2. The standard InChI is InChI=1S/C20H20N2O2/c1-14(23)20-17(16-10-6-7-11-18(16)22(20)2)12-19(24)21-13-15-8-4-3-5-9-15/h3-11H,12-13H2,1-2H3,(H,21,24). The zero-order valence-electron chi connectivity index (χ0n) is 13.9.